The summed E-state index contributed by atoms with van der Waals surface area (Å²) in [4.78, 5) is 13.7. The highest BCUT2D eigenvalue weighted by Gasteiger charge is 2.13. The molecule has 0 aromatic carbocycles. The van der Waals surface area contributed by atoms with E-state index in [2.05, 4.69) is 17.1 Å². The van der Waals surface area contributed by atoms with Gasteiger partial charge in [-0.15, -0.1) is 0 Å². The van der Waals surface area contributed by atoms with Crippen LogP contribution in [0.3, 0.4) is 0 Å². The van der Waals surface area contributed by atoms with E-state index in [1.54, 1.807) is 0 Å². The minimum absolute atomic E-state index is 0.235. The smallest absolute Gasteiger partial charge is 0.407 e. The van der Waals surface area contributed by atoms with Crippen LogP contribution >= 0.6 is 0 Å². The van der Waals surface area contributed by atoms with E-state index in [0.29, 0.717) is 13.2 Å². The zero-order valence-corrected chi connectivity index (χ0v) is 13.0. The Hall–Kier alpha value is -0.810. The Bertz CT molecular complexity index is 239. The molecule has 19 heavy (non-hydrogen) atoms. The number of hydrogen-bond donors (Lipinski definition) is 2. The third kappa shape index (κ3) is 12.0. The van der Waals surface area contributed by atoms with Gasteiger partial charge in [0.25, 0.3) is 0 Å². The van der Waals surface area contributed by atoms with Gasteiger partial charge in [-0.05, 0) is 53.1 Å². The number of alkyl carbamates (subject to hydrolysis) is 1. The van der Waals surface area contributed by atoms with Crippen molar-refractivity contribution >= 4 is 6.09 Å². The average Bonchev–Trinajstić information content (AvgIpc) is 2.29. The summed E-state index contributed by atoms with van der Waals surface area (Å²) in [6.07, 6.45) is 2.78. The first kappa shape index (κ1) is 18.2. The van der Waals surface area contributed by atoms with Gasteiger partial charge < -0.3 is 20.7 Å². The Morgan fingerprint density at radius 1 is 1.21 bits per heavy atom. The fourth-order valence-corrected chi connectivity index (χ4v) is 1.73. The normalized spacial score (nSPS) is 11.7. The van der Waals surface area contributed by atoms with Crippen molar-refractivity contribution in [3.63, 3.8) is 0 Å². The lowest BCUT2D eigenvalue weighted by Crippen LogP contribution is -2.41. The maximum atomic E-state index is 11.4. The minimum Gasteiger partial charge on any atom is -0.450 e. The van der Waals surface area contributed by atoms with Gasteiger partial charge in [-0.3, -0.25) is 0 Å². The topological polar surface area (TPSA) is 67.6 Å². The van der Waals surface area contributed by atoms with Crippen molar-refractivity contribution in [2.24, 2.45) is 5.73 Å². The standard InChI is InChI=1S/C14H31N3O2/c1-5-17(11-9-15)10-7-6-8-12-19-13(18)16-14(2,3)4/h5-12,15H2,1-4H3,(H,16,18). The predicted molar refractivity (Wildman–Crippen MR) is 79.3 cm³/mol. The lowest BCUT2D eigenvalue weighted by Gasteiger charge is -2.20. The number of nitrogens with zero attached hydrogens (tertiary/aromatic N) is 1. The van der Waals surface area contributed by atoms with Gasteiger partial charge >= 0.3 is 6.09 Å². The minimum atomic E-state index is -0.328. The van der Waals surface area contributed by atoms with Gasteiger partial charge in [-0.2, -0.15) is 0 Å². The third-order valence-corrected chi connectivity index (χ3v) is 2.72. The molecule has 0 fully saturated rings. The largest absolute Gasteiger partial charge is 0.450 e. The number of unbranched alkanes of at least 4 members (excludes halogenated alkanes) is 2. The van der Waals surface area contributed by atoms with Crippen LogP contribution in [0.1, 0.15) is 47.0 Å². The molecule has 5 nitrogen and oxygen atoms in total. The molecule has 0 aliphatic carbocycles. The number of amides is 1. The van der Waals surface area contributed by atoms with E-state index in [1.807, 2.05) is 20.8 Å². The van der Waals surface area contributed by atoms with Crippen molar-refractivity contribution in [2.75, 3.05) is 32.8 Å². The molecule has 3 N–H and O–H groups in total. The van der Waals surface area contributed by atoms with Crippen LogP contribution in [-0.2, 0) is 4.74 Å². The summed E-state index contributed by atoms with van der Waals surface area (Å²) < 4.78 is 5.12. The van der Waals surface area contributed by atoms with Gasteiger partial charge in [0.2, 0.25) is 0 Å². The first-order chi connectivity index (χ1) is 8.89. The van der Waals surface area contributed by atoms with E-state index in [0.717, 1.165) is 38.9 Å². The summed E-state index contributed by atoms with van der Waals surface area (Å²) in [5.74, 6) is 0. The van der Waals surface area contributed by atoms with Gasteiger partial charge in [-0.1, -0.05) is 6.92 Å². The Balaban J connectivity index is 3.47. The number of hydrogen-bond acceptors (Lipinski definition) is 4. The highest BCUT2D eigenvalue weighted by molar-refractivity contribution is 5.67. The summed E-state index contributed by atoms with van der Waals surface area (Å²) in [7, 11) is 0. The SMILES string of the molecule is CCN(CCN)CCCCCOC(=O)NC(C)(C)C. The number of carbonyl (C=O) groups is 1. The molecule has 0 spiro atoms. The zero-order chi connectivity index (χ0) is 14.7. The second-order valence-electron chi connectivity index (χ2n) is 5.79. The Morgan fingerprint density at radius 2 is 1.89 bits per heavy atom. The second-order valence-corrected chi connectivity index (χ2v) is 5.79. The second kappa shape index (κ2) is 10.0. The molecule has 1 amide bonds. The maximum absolute atomic E-state index is 11.4. The molecule has 0 saturated heterocycles. The molecule has 0 saturated carbocycles. The summed E-state index contributed by atoms with van der Waals surface area (Å²) >= 11 is 0. The van der Waals surface area contributed by atoms with Crippen LogP contribution < -0.4 is 11.1 Å². The van der Waals surface area contributed by atoms with Crippen molar-refractivity contribution in [3.05, 3.63) is 0 Å². The van der Waals surface area contributed by atoms with Crippen molar-refractivity contribution in [2.45, 2.75) is 52.5 Å². The first-order valence-electron chi connectivity index (χ1n) is 7.26. The Labute approximate surface area is 117 Å². The molecule has 0 bridgehead atoms. The van der Waals surface area contributed by atoms with E-state index in [-0.39, 0.29) is 11.6 Å². The van der Waals surface area contributed by atoms with Crippen LogP contribution in [0.5, 0.6) is 0 Å². The van der Waals surface area contributed by atoms with E-state index >= 15 is 0 Å². The van der Waals surface area contributed by atoms with E-state index in [9.17, 15) is 4.79 Å². The van der Waals surface area contributed by atoms with Crippen molar-refractivity contribution in [1.29, 1.82) is 0 Å². The van der Waals surface area contributed by atoms with Crippen molar-refractivity contribution < 1.29 is 9.53 Å². The molecule has 0 heterocycles. The molecule has 114 valence electrons. The molecule has 0 rings (SSSR count). The molecule has 5 heteroatoms. The molecular formula is C14H31N3O2. The fourth-order valence-electron chi connectivity index (χ4n) is 1.73. The number of nitrogens with one attached hydrogen (secondary N) is 1. The summed E-state index contributed by atoms with van der Waals surface area (Å²) in [5, 5.41) is 2.77. The van der Waals surface area contributed by atoms with Crippen LogP contribution in [0.2, 0.25) is 0 Å². The molecule has 0 atom stereocenters. The van der Waals surface area contributed by atoms with Gasteiger partial charge in [-0.25, -0.2) is 4.79 Å². The van der Waals surface area contributed by atoms with Gasteiger partial charge in [0, 0.05) is 18.6 Å². The Morgan fingerprint density at radius 3 is 2.42 bits per heavy atom. The van der Waals surface area contributed by atoms with Crippen LogP contribution in [0, 0.1) is 0 Å². The first-order valence-corrected chi connectivity index (χ1v) is 7.26. The maximum Gasteiger partial charge on any atom is 0.407 e. The number of nitrogens with two attached hydrogens (primary N) is 1. The predicted octanol–water partition coefficient (Wildman–Crippen LogP) is 1.96. The number of likely N-dealkylation sites (N-methyl/N-ethyl adjacent to an activating group) is 1. The van der Waals surface area contributed by atoms with E-state index < -0.39 is 0 Å². The molecule has 0 aliphatic rings. The fraction of sp³-hybridized carbons (Fsp3) is 0.929. The van der Waals surface area contributed by atoms with Gasteiger partial charge in [0.1, 0.15) is 0 Å². The monoisotopic (exact) mass is 273 g/mol. The summed E-state index contributed by atoms with van der Waals surface area (Å²) in [6, 6.07) is 0. The molecule has 0 aromatic rings. The Kier molecular flexibility index (Phi) is 9.61. The summed E-state index contributed by atoms with van der Waals surface area (Å²) in [5.41, 5.74) is 5.30. The van der Waals surface area contributed by atoms with Crippen LogP contribution in [-0.4, -0.2) is 49.3 Å². The molecule has 0 unspecified atom stereocenters. The summed E-state index contributed by atoms with van der Waals surface area (Å²) in [6.45, 7) is 12.2. The van der Waals surface area contributed by atoms with Gasteiger partial charge in [0.05, 0.1) is 6.61 Å². The van der Waals surface area contributed by atoms with E-state index in [1.165, 1.54) is 0 Å². The van der Waals surface area contributed by atoms with Crippen molar-refractivity contribution in [1.82, 2.24) is 10.2 Å². The van der Waals surface area contributed by atoms with Crippen LogP contribution in [0.15, 0.2) is 0 Å². The number of ether oxygens (including phenoxy) is 1. The molecule has 0 aromatic heterocycles. The highest BCUT2D eigenvalue weighted by atomic mass is 16.5. The number of carbonyl (C=O) groups excluding carboxylic acids is 1. The molecular weight excluding hydrogens is 242 g/mol. The van der Waals surface area contributed by atoms with Crippen LogP contribution in [0.4, 0.5) is 4.79 Å². The lowest BCUT2D eigenvalue weighted by atomic mass is 10.1. The van der Waals surface area contributed by atoms with E-state index in [4.69, 9.17) is 10.5 Å². The third-order valence-electron chi connectivity index (χ3n) is 2.72. The average molecular weight is 273 g/mol. The quantitative estimate of drug-likeness (QED) is 0.630. The van der Waals surface area contributed by atoms with Gasteiger partial charge in [0.15, 0.2) is 0 Å². The molecule has 0 aliphatic heterocycles. The van der Waals surface area contributed by atoms with Crippen LogP contribution in [0.25, 0.3) is 0 Å². The molecule has 0 radical (unpaired) electrons. The highest BCUT2D eigenvalue weighted by Crippen LogP contribution is 2.01. The van der Waals surface area contributed by atoms with Crippen molar-refractivity contribution in [3.8, 4) is 0 Å². The lowest BCUT2D eigenvalue weighted by molar-refractivity contribution is 0.135. The number of rotatable bonds is 9. The zero-order valence-electron chi connectivity index (χ0n) is 13.0.